The van der Waals surface area contributed by atoms with E-state index in [1.165, 1.54) is 66.8 Å². The molecule has 1 aromatic heterocycles. The van der Waals surface area contributed by atoms with Crippen LogP contribution in [-0.2, 0) is 5.41 Å². The lowest BCUT2D eigenvalue weighted by molar-refractivity contribution is 0.670. The molecule has 0 fully saturated rings. The van der Waals surface area contributed by atoms with Gasteiger partial charge in [0, 0.05) is 33.3 Å². The predicted molar refractivity (Wildman–Crippen MR) is 286 cm³/mol. The van der Waals surface area contributed by atoms with Gasteiger partial charge < -0.3 is 9.32 Å². The third-order valence-electron chi connectivity index (χ3n) is 14.7. The Bertz CT molecular complexity index is 3890. The lowest BCUT2D eigenvalue weighted by Crippen LogP contribution is -2.26. The van der Waals surface area contributed by atoms with E-state index in [-0.39, 0.29) is 0 Å². The van der Waals surface area contributed by atoms with Crippen molar-refractivity contribution in [3.8, 4) is 66.8 Å². The van der Waals surface area contributed by atoms with Crippen molar-refractivity contribution < 1.29 is 4.42 Å². The molecule has 0 saturated carbocycles. The van der Waals surface area contributed by atoms with Crippen LogP contribution in [0.15, 0.2) is 265 Å². The van der Waals surface area contributed by atoms with Crippen molar-refractivity contribution >= 4 is 39.0 Å². The van der Waals surface area contributed by atoms with Gasteiger partial charge in [-0.15, -0.1) is 0 Å². The minimum atomic E-state index is -0.448. The number of fused-ring (bicyclic) bond motifs is 13. The maximum absolute atomic E-state index is 6.57. The summed E-state index contributed by atoms with van der Waals surface area (Å²) in [5.74, 6) is 0. The molecule has 12 aromatic rings. The molecule has 1 spiro atoms. The van der Waals surface area contributed by atoms with Crippen LogP contribution < -0.4 is 4.90 Å². The SMILES string of the molecule is c1ccc(-c2cccc(-c3ccc(N(c4ccc(-c5ccc6oc7c(-c8ccccc8)cccc7c6c5)cc4)c4cccc5c4-c4ccccc4C54c5ccccc5-c5ccccc54)cc3)c2)cc1. The molecule has 11 aromatic carbocycles. The Morgan fingerprint density at radius 2 is 0.739 bits per heavy atom. The average molecular weight is 878 g/mol. The van der Waals surface area contributed by atoms with Gasteiger partial charge in [0.25, 0.3) is 0 Å². The molecule has 322 valence electrons. The van der Waals surface area contributed by atoms with Crippen LogP contribution in [0.5, 0.6) is 0 Å². The number of benzene rings is 11. The molecule has 0 bridgehead atoms. The van der Waals surface area contributed by atoms with Crippen molar-refractivity contribution in [1.82, 2.24) is 0 Å². The average Bonchev–Trinajstić information content (AvgIpc) is 4.06. The summed E-state index contributed by atoms with van der Waals surface area (Å²) in [5, 5.41) is 2.23. The van der Waals surface area contributed by atoms with E-state index in [2.05, 4.69) is 266 Å². The first-order valence-electron chi connectivity index (χ1n) is 23.8. The third-order valence-corrected chi connectivity index (χ3v) is 14.7. The van der Waals surface area contributed by atoms with E-state index in [4.69, 9.17) is 4.42 Å². The van der Waals surface area contributed by atoms with Crippen LogP contribution in [0.25, 0.3) is 88.7 Å². The van der Waals surface area contributed by atoms with Gasteiger partial charge in [0.05, 0.1) is 11.1 Å². The maximum atomic E-state index is 6.57. The van der Waals surface area contributed by atoms with Crippen molar-refractivity contribution in [2.75, 3.05) is 4.90 Å². The minimum absolute atomic E-state index is 0.448. The van der Waals surface area contributed by atoms with Crippen LogP contribution in [0.1, 0.15) is 22.3 Å². The van der Waals surface area contributed by atoms with Crippen molar-refractivity contribution in [3.05, 3.63) is 283 Å². The van der Waals surface area contributed by atoms with Gasteiger partial charge in [-0.2, -0.15) is 0 Å². The molecule has 0 saturated heterocycles. The topological polar surface area (TPSA) is 16.4 Å². The summed E-state index contributed by atoms with van der Waals surface area (Å²) in [5.41, 5.74) is 24.4. The Morgan fingerprint density at radius 1 is 0.290 bits per heavy atom. The summed E-state index contributed by atoms with van der Waals surface area (Å²) in [6, 6.07) is 95.4. The van der Waals surface area contributed by atoms with Gasteiger partial charge in [0.15, 0.2) is 0 Å². The molecule has 2 heteroatoms. The number of hydrogen-bond acceptors (Lipinski definition) is 2. The number of anilines is 3. The monoisotopic (exact) mass is 877 g/mol. The van der Waals surface area contributed by atoms with Crippen LogP contribution in [0.2, 0.25) is 0 Å². The summed E-state index contributed by atoms with van der Waals surface area (Å²) in [4.78, 5) is 2.47. The molecular formula is C67H43NO. The molecule has 0 amide bonds. The Labute approximate surface area is 401 Å². The number of rotatable bonds is 7. The predicted octanol–water partition coefficient (Wildman–Crippen LogP) is 18.1. The highest BCUT2D eigenvalue weighted by Crippen LogP contribution is 2.64. The number of hydrogen-bond donors (Lipinski definition) is 0. The Morgan fingerprint density at radius 3 is 1.38 bits per heavy atom. The lowest BCUT2D eigenvalue weighted by Gasteiger charge is -2.32. The first-order chi connectivity index (χ1) is 34.2. The zero-order chi connectivity index (χ0) is 45.5. The van der Waals surface area contributed by atoms with Crippen LogP contribution in [0, 0.1) is 0 Å². The van der Waals surface area contributed by atoms with Crippen LogP contribution in [0.3, 0.4) is 0 Å². The Hall–Kier alpha value is -8.98. The summed E-state index contributed by atoms with van der Waals surface area (Å²) in [6.45, 7) is 0. The zero-order valence-corrected chi connectivity index (χ0v) is 37.7. The second kappa shape index (κ2) is 15.6. The standard InChI is InChI=1S/C67H43NO/c1-3-16-44(17-4-1)48-20-13-21-49(42-48)45-32-37-51(38-33-45)68(52-39-34-46(35-40-52)50-36-41-64-58(43-50)56-26-14-25-53(66(56)69-64)47-18-5-2-6-19-47)63-31-15-30-62-65(63)57-24-9-12-29-61(57)67(62)59-27-10-7-22-54(59)55-23-8-11-28-60(55)67/h1-43H. The fourth-order valence-electron chi connectivity index (χ4n) is 11.7. The second-order valence-electron chi connectivity index (χ2n) is 18.3. The van der Waals surface area contributed by atoms with Crippen molar-refractivity contribution in [3.63, 3.8) is 0 Å². The van der Waals surface area contributed by atoms with E-state index in [0.29, 0.717) is 0 Å². The van der Waals surface area contributed by atoms with Crippen LogP contribution in [-0.4, -0.2) is 0 Å². The Kier molecular flexibility index (Phi) is 8.84. The van der Waals surface area contributed by atoms with Gasteiger partial charge in [0.2, 0.25) is 0 Å². The van der Waals surface area contributed by atoms with Crippen molar-refractivity contribution in [2.24, 2.45) is 0 Å². The second-order valence-corrected chi connectivity index (χ2v) is 18.3. The normalized spacial score (nSPS) is 12.8. The van der Waals surface area contributed by atoms with Crippen LogP contribution >= 0.6 is 0 Å². The molecule has 2 nitrogen and oxygen atoms in total. The molecule has 0 aliphatic heterocycles. The van der Waals surface area contributed by atoms with Gasteiger partial charge >= 0.3 is 0 Å². The maximum Gasteiger partial charge on any atom is 0.143 e. The smallest absolute Gasteiger partial charge is 0.143 e. The Balaban J connectivity index is 0.924. The number of nitrogens with zero attached hydrogens (tertiary/aromatic N) is 1. The summed E-state index contributed by atoms with van der Waals surface area (Å²) >= 11 is 0. The summed E-state index contributed by atoms with van der Waals surface area (Å²) < 4.78 is 6.57. The molecule has 0 radical (unpaired) electrons. The van der Waals surface area contributed by atoms with E-state index in [1.807, 2.05) is 0 Å². The number of furan rings is 1. The van der Waals surface area contributed by atoms with Gasteiger partial charge in [-0.05, 0) is 126 Å². The molecule has 2 aliphatic rings. The summed E-state index contributed by atoms with van der Waals surface area (Å²) in [6.07, 6.45) is 0. The number of para-hydroxylation sites is 1. The fraction of sp³-hybridized carbons (Fsp3) is 0.0149. The van der Waals surface area contributed by atoms with Gasteiger partial charge in [-0.3, -0.25) is 0 Å². The largest absolute Gasteiger partial charge is 0.455 e. The van der Waals surface area contributed by atoms with E-state index in [9.17, 15) is 0 Å². The van der Waals surface area contributed by atoms with Crippen LogP contribution in [0.4, 0.5) is 17.1 Å². The highest BCUT2D eigenvalue weighted by Gasteiger charge is 2.52. The van der Waals surface area contributed by atoms with E-state index < -0.39 is 5.41 Å². The summed E-state index contributed by atoms with van der Waals surface area (Å²) in [7, 11) is 0. The third kappa shape index (κ3) is 5.99. The van der Waals surface area contributed by atoms with Gasteiger partial charge in [0.1, 0.15) is 11.2 Å². The molecule has 14 rings (SSSR count). The van der Waals surface area contributed by atoms with E-state index in [1.54, 1.807) is 0 Å². The first kappa shape index (κ1) is 39.2. The molecular weight excluding hydrogens is 835 g/mol. The molecule has 2 aliphatic carbocycles. The minimum Gasteiger partial charge on any atom is -0.455 e. The van der Waals surface area contributed by atoms with E-state index >= 15 is 0 Å². The quantitative estimate of drug-likeness (QED) is 0.159. The van der Waals surface area contributed by atoms with Crippen molar-refractivity contribution in [2.45, 2.75) is 5.41 Å². The first-order valence-corrected chi connectivity index (χ1v) is 23.8. The molecule has 0 atom stereocenters. The zero-order valence-electron chi connectivity index (χ0n) is 37.7. The molecule has 0 unspecified atom stereocenters. The molecule has 69 heavy (non-hydrogen) atoms. The highest BCUT2D eigenvalue weighted by atomic mass is 16.3. The van der Waals surface area contributed by atoms with Gasteiger partial charge in [-0.25, -0.2) is 0 Å². The lowest BCUT2D eigenvalue weighted by atomic mass is 9.70. The van der Waals surface area contributed by atoms with E-state index in [0.717, 1.165) is 61.3 Å². The molecule has 0 N–H and O–H groups in total. The highest BCUT2D eigenvalue weighted by molar-refractivity contribution is 6.10. The van der Waals surface area contributed by atoms with Crippen molar-refractivity contribution in [1.29, 1.82) is 0 Å². The molecule has 1 heterocycles. The fourth-order valence-corrected chi connectivity index (χ4v) is 11.7. The van der Waals surface area contributed by atoms with Gasteiger partial charge in [-0.1, -0.05) is 212 Å².